The molecule has 1 heteroatoms. The van der Waals surface area contributed by atoms with Crippen molar-refractivity contribution in [3.8, 4) is 33.4 Å². The van der Waals surface area contributed by atoms with Crippen molar-refractivity contribution in [2.24, 2.45) is 0 Å². The van der Waals surface area contributed by atoms with Gasteiger partial charge in [-0.25, -0.2) is 0 Å². The monoisotopic (exact) mass is 1140 g/mol. The van der Waals surface area contributed by atoms with Gasteiger partial charge >= 0.3 is 0 Å². The number of fused-ring (bicyclic) bond motifs is 15. The molecule has 0 radical (unpaired) electrons. The summed E-state index contributed by atoms with van der Waals surface area (Å²) >= 11 is 2.20. The first-order chi connectivity index (χ1) is 40.1. The topological polar surface area (TPSA) is 0 Å². The van der Waals surface area contributed by atoms with Gasteiger partial charge in [0.2, 0.25) is 0 Å². The van der Waals surface area contributed by atoms with Gasteiger partial charge in [0.25, 0.3) is 0 Å². The van der Waals surface area contributed by atoms with Crippen LogP contribution in [-0.2, 0) is 15.6 Å². The van der Waals surface area contributed by atoms with Gasteiger partial charge in [-0.15, -0.1) is 11.8 Å². The van der Waals surface area contributed by atoms with Crippen molar-refractivity contribution in [1.82, 2.24) is 0 Å². The Kier molecular flexibility index (Phi) is 28.3. The zero-order valence-electron chi connectivity index (χ0n) is 58.0. The molecule has 1 saturated heterocycles. The Morgan fingerprint density at radius 2 is 0.458 bits per heavy atom. The Hall–Kier alpha value is -4.33. The lowest BCUT2D eigenvalue weighted by Gasteiger charge is -2.36. The molecule has 3 fully saturated rings. The summed E-state index contributed by atoms with van der Waals surface area (Å²) in [5.74, 6) is 4.89. The number of benzene rings is 6. The first-order valence-corrected chi connectivity index (χ1v) is 35.6. The minimum atomic E-state index is 0.207. The molecule has 1 aliphatic heterocycles. The Morgan fingerprint density at radius 3 is 0.675 bits per heavy atom. The molecule has 83 heavy (non-hydrogen) atoms. The Labute approximate surface area is 518 Å². The van der Waals surface area contributed by atoms with E-state index in [1.54, 1.807) is 33.4 Å². The maximum absolute atomic E-state index is 2.54. The van der Waals surface area contributed by atoms with Crippen LogP contribution in [0.25, 0.3) is 33.4 Å². The van der Waals surface area contributed by atoms with Crippen molar-refractivity contribution in [3.63, 3.8) is 0 Å². The molecule has 0 amide bonds. The lowest BCUT2D eigenvalue weighted by atomic mass is 9.67. The second kappa shape index (κ2) is 33.0. The summed E-state index contributed by atoms with van der Waals surface area (Å²) in [6.07, 6.45) is 16.2. The van der Waals surface area contributed by atoms with Crippen LogP contribution in [0.15, 0.2) is 109 Å². The van der Waals surface area contributed by atoms with Gasteiger partial charge in [0, 0.05) is 10.8 Å². The van der Waals surface area contributed by atoms with Gasteiger partial charge < -0.3 is 0 Å². The van der Waals surface area contributed by atoms with Crippen LogP contribution >= 0.6 is 11.8 Å². The van der Waals surface area contributed by atoms with Gasteiger partial charge in [0.15, 0.2) is 0 Å². The Bertz CT molecular complexity index is 2580. The maximum atomic E-state index is 2.54. The van der Waals surface area contributed by atoms with Crippen LogP contribution in [0.4, 0.5) is 0 Å². The molecule has 0 nitrogen and oxygen atoms in total. The van der Waals surface area contributed by atoms with E-state index in [1.165, 1.54) is 150 Å². The summed E-state index contributed by atoms with van der Waals surface area (Å²) in [6, 6.07) is 43.6. The summed E-state index contributed by atoms with van der Waals surface area (Å²) in [6.45, 7) is 51.7. The van der Waals surface area contributed by atoms with Gasteiger partial charge in [0.1, 0.15) is 0 Å². The van der Waals surface area contributed by atoms with Crippen molar-refractivity contribution in [2.45, 2.75) is 294 Å². The molecule has 1 heterocycles. The predicted octanol–water partition coefficient (Wildman–Crippen LogP) is 27.2. The molecule has 6 aromatic carbocycles. The molecule has 2 saturated carbocycles. The lowest BCUT2D eigenvalue weighted by molar-refractivity contribution is 0.352. The number of hydrogen-bond donors (Lipinski definition) is 0. The fraction of sp³-hybridized carbons (Fsp3) is 0.561. The van der Waals surface area contributed by atoms with E-state index in [4.69, 9.17) is 0 Å². The van der Waals surface area contributed by atoms with Crippen molar-refractivity contribution in [2.75, 3.05) is 5.75 Å². The van der Waals surface area contributed by atoms with Crippen molar-refractivity contribution in [1.29, 1.82) is 0 Å². The Morgan fingerprint density at radius 1 is 0.253 bits per heavy atom. The molecule has 6 aromatic rings. The first-order valence-electron chi connectivity index (χ1n) is 34.6. The molecular formula is C82H122S. The van der Waals surface area contributed by atoms with Crippen LogP contribution in [-0.4, -0.2) is 5.75 Å². The molecule has 0 N–H and O–H groups in total. The molecule has 0 bridgehead atoms. The molecule has 5 aliphatic carbocycles. The second-order valence-electron chi connectivity index (χ2n) is 24.8. The van der Waals surface area contributed by atoms with Gasteiger partial charge in [-0.3, -0.25) is 0 Å². The van der Waals surface area contributed by atoms with Crippen LogP contribution in [0.3, 0.4) is 0 Å². The zero-order valence-corrected chi connectivity index (χ0v) is 58.8. The summed E-state index contributed by atoms with van der Waals surface area (Å²) in [4.78, 5) is 0. The second-order valence-corrected chi connectivity index (χ2v) is 26.2. The molecule has 0 aromatic heterocycles. The fourth-order valence-corrected chi connectivity index (χ4v) is 15.7. The van der Waals surface area contributed by atoms with Crippen molar-refractivity contribution in [3.05, 3.63) is 176 Å². The summed E-state index contributed by atoms with van der Waals surface area (Å²) in [5.41, 5.74) is 28.2. The fourth-order valence-electron chi connectivity index (χ4n) is 14.1. The highest BCUT2D eigenvalue weighted by Gasteiger charge is 2.47. The van der Waals surface area contributed by atoms with Gasteiger partial charge in [-0.2, -0.15) is 0 Å². The largest absolute Gasteiger partial charge is 0.145 e. The standard InChI is InChI=1S/C24H30.C23H28S.C23H28.6C2H6/c1-16(2)18-8-10-20-21-11-9-19(17(3)4)15-23(21)24(22(20)14-18)12-6-5-7-13-24;1-15(2)17-7-9-19-20-10-8-18(16(3)4)14-22(20)23(21(19)13-17)11-5-6-12-24-23;1-15(2)17-7-9-19-20-10-8-18(16(3)4)14-22(20)23(21(19)13-17)11-5-6-12-23;6*1-2/h8-11,14-17H,5-7,12-13H2,1-4H3;7-10,13-16H,5-6,11-12H2,1-4H3;7-10,13-16H,5-6,11-12H2,1-4H3;6*1-2H3. The predicted molar refractivity (Wildman–Crippen MR) is 378 cm³/mol. The molecule has 0 atom stereocenters. The third-order valence-electron chi connectivity index (χ3n) is 18.5. The quantitative estimate of drug-likeness (QED) is 0.160. The number of thioether (sulfide) groups is 1. The molecular weight excluding hydrogens is 1020 g/mol. The highest BCUT2D eigenvalue weighted by atomic mass is 32.2. The first kappa shape index (κ1) is 71.2. The molecule has 6 aliphatic rings. The Balaban J connectivity index is 0.000000245. The molecule has 3 spiro atoms. The lowest BCUT2D eigenvalue weighted by Crippen LogP contribution is -2.28. The van der Waals surface area contributed by atoms with Crippen LogP contribution in [0.1, 0.15) is 345 Å². The van der Waals surface area contributed by atoms with Gasteiger partial charge in [-0.05, 0) is 180 Å². The van der Waals surface area contributed by atoms with Crippen LogP contribution in [0.2, 0.25) is 0 Å². The third kappa shape index (κ3) is 14.6. The van der Waals surface area contributed by atoms with Crippen LogP contribution < -0.4 is 0 Å². The van der Waals surface area contributed by atoms with Crippen LogP contribution in [0.5, 0.6) is 0 Å². The third-order valence-corrected chi connectivity index (χ3v) is 20.1. The van der Waals surface area contributed by atoms with E-state index in [0.717, 1.165) is 0 Å². The minimum absolute atomic E-state index is 0.207. The highest BCUT2D eigenvalue weighted by Crippen LogP contribution is 2.61. The zero-order chi connectivity index (χ0) is 62.0. The summed E-state index contributed by atoms with van der Waals surface area (Å²) in [5, 5.41) is 0. The van der Waals surface area contributed by atoms with E-state index >= 15 is 0 Å². The average molecular weight is 1140 g/mol. The van der Waals surface area contributed by atoms with E-state index in [0.29, 0.717) is 46.3 Å². The SMILES string of the molecule is CC.CC.CC.CC.CC.CC.CC(C)c1ccc2c(c1)C1(CCCC1)c1cc(C(C)C)ccc1-2.CC(C)c1ccc2c(c1)C1(CCCCC1)c1cc(C(C)C)ccc1-2.CC(C)c1ccc2c(c1)C1(CCCCS1)c1cc(C(C)C)ccc1-2. The normalized spacial score (nSPS) is 16.0. The summed E-state index contributed by atoms with van der Waals surface area (Å²) < 4.78 is 0.207. The van der Waals surface area contributed by atoms with Gasteiger partial charge in [-0.1, -0.05) is 314 Å². The highest BCUT2D eigenvalue weighted by molar-refractivity contribution is 8.00. The minimum Gasteiger partial charge on any atom is -0.145 e. The number of hydrogen-bond acceptors (Lipinski definition) is 1. The molecule has 12 rings (SSSR count). The van der Waals surface area contributed by atoms with Crippen molar-refractivity contribution < 1.29 is 0 Å². The van der Waals surface area contributed by atoms with E-state index < -0.39 is 0 Å². The smallest absolute Gasteiger partial charge is 0.0669 e. The van der Waals surface area contributed by atoms with Crippen LogP contribution in [0, 0.1) is 0 Å². The van der Waals surface area contributed by atoms with E-state index in [-0.39, 0.29) is 4.75 Å². The van der Waals surface area contributed by atoms with Crippen molar-refractivity contribution >= 4 is 11.8 Å². The van der Waals surface area contributed by atoms with Gasteiger partial charge in [0.05, 0.1) is 4.75 Å². The van der Waals surface area contributed by atoms with E-state index in [1.807, 2.05) is 83.1 Å². The summed E-state index contributed by atoms with van der Waals surface area (Å²) in [7, 11) is 0. The van der Waals surface area contributed by atoms with E-state index in [2.05, 4.69) is 204 Å². The maximum Gasteiger partial charge on any atom is 0.0669 e. The van der Waals surface area contributed by atoms with E-state index in [9.17, 15) is 0 Å². The molecule has 0 unspecified atom stereocenters. The number of rotatable bonds is 6. The average Bonchev–Trinajstić information content (AvgIpc) is 2.01. The molecule has 456 valence electrons.